The molecule has 0 aliphatic heterocycles. The lowest BCUT2D eigenvalue weighted by Crippen LogP contribution is -2.66. The molecule has 154 valence electrons. The number of aliphatic hydroxyl groups excluding tert-OH is 1. The van der Waals surface area contributed by atoms with Crippen molar-refractivity contribution >= 4 is 18.7 Å². The number of furan rings is 1. The van der Waals surface area contributed by atoms with E-state index in [2.05, 4.69) is 81.4 Å². The van der Waals surface area contributed by atoms with Gasteiger partial charge >= 0.3 is 0 Å². The zero-order chi connectivity index (χ0) is 20.9. The molecule has 1 unspecified atom stereocenters. The Hall–Kier alpha value is -2.14. The fourth-order valence-electron chi connectivity index (χ4n) is 4.04. The maximum absolute atomic E-state index is 10.4. The van der Waals surface area contributed by atoms with Crippen molar-refractivity contribution in [3.8, 4) is 0 Å². The highest BCUT2D eigenvalue weighted by Gasteiger charge is 2.49. The summed E-state index contributed by atoms with van der Waals surface area (Å²) in [6, 6.07) is 25.0. The lowest BCUT2D eigenvalue weighted by Gasteiger charge is -2.43. The molecule has 1 heterocycles. The topological polar surface area (TPSA) is 42.6 Å². The highest BCUT2D eigenvalue weighted by molar-refractivity contribution is 6.99. The zero-order valence-electron chi connectivity index (χ0n) is 17.9. The van der Waals surface area contributed by atoms with Crippen LogP contribution < -0.4 is 10.4 Å². The molecule has 1 atom stereocenters. The van der Waals surface area contributed by atoms with E-state index in [4.69, 9.17) is 8.84 Å². The lowest BCUT2D eigenvalue weighted by molar-refractivity contribution is 0.128. The second-order valence-electron chi connectivity index (χ2n) is 8.62. The predicted octanol–water partition coefficient (Wildman–Crippen LogP) is 4.98. The number of benzene rings is 2. The number of rotatable bonds is 8. The van der Waals surface area contributed by atoms with Gasteiger partial charge in [0.25, 0.3) is 8.32 Å². The number of aliphatic hydroxyl groups is 1. The van der Waals surface area contributed by atoms with Crippen LogP contribution in [0.3, 0.4) is 0 Å². The van der Waals surface area contributed by atoms with Crippen molar-refractivity contribution in [2.75, 3.05) is 6.61 Å². The molecule has 3 aromatic rings. The molecule has 0 aliphatic carbocycles. The average Bonchev–Trinajstić information content (AvgIpc) is 3.15. The fourth-order valence-corrected chi connectivity index (χ4v) is 8.64. The Morgan fingerprint density at radius 2 is 1.45 bits per heavy atom. The van der Waals surface area contributed by atoms with E-state index < -0.39 is 14.4 Å². The molecule has 0 saturated carbocycles. The van der Waals surface area contributed by atoms with Crippen molar-refractivity contribution in [3.63, 3.8) is 0 Å². The van der Waals surface area contributed by atoms with Gasteiger partial charge in [-0.25, -0.2) is 0 Å². The van der Waals surface area contributed by atoms with Gasteiger partial charge in [-0.15, -0.1) is 0 Å². The number of hydrogen-bond donors (Lipinski definition) is 1. The van der Waals surface area contributed by atoms with Crippen LogP contribution in [-0.2, 0) is 4.43 Å². The highest BCUT2D eigenvalue weighted by atomic mass is 28.4. The first-order valence-electron chi connectivity index (χ1n) is 10.3. The van der Waals surface area contributed by atoms with Crippen molar-refractivity contribution in [3.05, 3.63) is 84.3 Å². The van der Waals surface area contributed by atoms with Crippen molar-refractivity contribution in [2.45, 2.75) is 51.7 Å². The molecule has 0 bridgehead atoms. The van der Waals surface area contributed by atoms with Crippen LogP contribution in [0.1, 0.15) is 51.2 Å². The molecule has 1 aromatic heterocycles. The zero-order valence-corrected chi connectivity index (χ0v) is 18.9. The Labute approximate surface area is 175 Å². The standard InChI is InChI=1S/C25H32O3Si/c1-20-17-18-24(28-20)23(26)16-11-19-27-29(25(2,3)4,21-12-7-5-8-13-21)22-14-9-6-10-15-22/h5-10,12-15,17-18,23,26H,11,16,19H2,1-4H3. The quantitative estimate of drug-likeness (QED) is 0.422. The van der Waals surface area contributed by atoms with E-state index in [0.29, 0.717) is 18.8 Å². The van der Waals surface area contributed by atoms with Gasteiger partial charge in [0.05, 0.1) is 0 Å². The van der Waals surface area contributed by atoms with Crippen LogP contribution in [0.15, 0.2) is 77.2 Å². The van der Waals surface area contributed by atoms with Crippen LogP contribution >= 0.6 is 0 Å². The molecule has 3 nitrogen and oxygen atoms in total. The molecule has 1 N–H and O–H groups in total. The smallest absolute Gasteiger partial charge is 0.261 e. The minimum atomic E-state index is -2.50. The van der Waals surface area contributed by atoms with E-state index in [-0.39, 0.29) is 5.04 Å². The van der Waals surface area contributed by atoms with Gasteiger partial charge < -0.3 is 13.9 Å². The third-order valence-electron chi connectivity index (χ3n) is 5.45. The summed E-state index contributed by atoms with van der Waals surface area (Å²) in [4.78, 5) is 0. The molecule has 0 saturated heterocycles. The van der Waals surface area contributed by atoms with Gasteiger partial charge in [0, 0.05) is 6.61 Å². The second kappa shape index (κ2) is 9.12. The average molecular weight is 409 g/mol. The van der Waals surface area contributed by atoms with E-state index in [1.807, 2.05) is 19.1 Å². The van der Waals surface area contributed by atoms with Crippen molar-refractivity contribution in [1.82, 2.24) is 0 Å². The molecule has 4 heteroatoms. The van der Waals surface area contributed by atoms with Gasteiger partial charge in [0.2, 0.25) is 0 Å². The minimum absolute atomic E-state index is 0.0353. The predicted molar refractivity (Wildman–Crippen MR) is 121 cm³/mol. The first kappa shape index (κ1) is 21.6. The molecule has 0 radical (unpaired) electrons. The summed E-state index contributed by atoms with van der Waals surface area (Å²) < 4.78 is 12.4. The van der Waals surface area contributed by atoms with E-state index in [0.717, 1.165) is 12.2 Å². The van der Waals surface area contributed by atoms with Gasteiger partial charge in [-0.1, -0.05) is 81.4 Å². The summed E-state index contributed by atoms with van der Waals surface area (Å²) >= 11 is 0. The molecule has 0 fully saturated rings. The maximum atomic E-state index is 10.4. The molecular formula is C25H32O3Si. The van der Waals surface area contributed by atoms with Gasteiger partial charge in [0.1, 0.15) is 17.6 Å². The fraction of sp³-hybridized carbons (Fsp3) is 0.360. The molecule has 3 rings (SSSR count). The third-order valence-corrected chi connectivity index (χ3v) is 10.5. The molecule has 2 aromatic carbocycles. The van der Waals surface area contributed by atoms with Gasteiger partial charge in [-0.3, -0.25) is 0 Å². The summed E-state index contributed by atoms with van der Waals surface area (Å²) in [5, 5.41) is 12.9. The van der Waals surface area contributed by atoms with Crippen molar-refractivity contribution in [2.24, 2.45) is 0 Å². The molecule has 0 amide bonds. The summed E-state index contributed by atoms with van der Waals surface area (Å²) in [6.45, 7) is 9.32. The van der Waals surface area contributed by atoms with E-state index >= 15 is 0 Å². The van der Waals surface area contributed by atoms with Crippen LogP contribution in [0.2, 0.25) is 5.04 Å². The van der Waals surface area contributed by atoms with Crippen LogP contribution in [-0.4, -0.2) is 20.0 Å². The van der Waals surface area contributed by atoms with Gasteiger partial charge in [0.15, 0.2) is 0 Å². The number of aryl methyl sites for hydroxylation is 1. The molecular weight excluding hydrogens is 376 g/mol. The second-order valence-corrected chi connectivity index (χ2v) is 12.9. The third kappa shape index (κ3) is 4.72. The largest absolute Gasteiger partial charge is 0.464 e. The highest BCUT2D eigenvalue weighted by Crippen LogP contribution is 2.37. The van der Waals surface area contributed by atoms with Crippen LogP contribution in [0.25, 0.3) is 0 Å². The van der Waals surface area contributed by atoms with E-state index in [9.17, 15) is 5.11 Å². The first-order chi connectivity index (χ1) is 13.8. The van der Waals surface area contributed by atoms with Gasteiger partial charge in [-0.2, -0.15) is 0 Å². The van der Waals surface area contributed by atoms with Gasteiger partial charge in [-0.05, 0) is 47.3 Å². The molecule has 0 spiro atoms. The minimum Gasteiger partial charge on any atom is -0.464 e. The summed E-state index contributed by atoms with van der Waals surface area (Å²) in [5.41, 5.74) is 0. The normalized spacial score (nSPS) is 13.4. The van der Waals surface area contributed by atoms with Crippen molar-refractivity contribution in [1.29, 1.82) is 0 Å². The summed E-state index contributed by atoms with van der Waals surface area (Å²) in [5.74, 6) is 1.45. The van der Waals surface area contributed by atoms with Crippen LogP contribution in [0, 0.1) is 6.92 Å². The Morgan fingerprint density at radius 1 is 0.897 bits per heavy atom. The Morgan fingerprint density at radius 3 is 1.90 bits per heavy atom. The summed E-state index contributed by atoms with van der Waals surface area (Å²) in [6.07, 6.45) is 0.794. The van der Waals surface area contributed by atoms with E-state index in [1.165, 1.54) is 10.4 Å². The summed E-state index contributed by atoms with van der Waals surface area (Å²) in [7, 11) is -2.50. The Bertz CT molecular complexity index is 842. The van der Waals surface area contributed by atoms with E-state index in [1.54, 1.807) is 0 Å². The van der Waals surface area contributed by atoms with Crippen LogP contribution in [0.4, 0.5) is 0 Å². The lowest BCUT2D eigenvalue weighted by atomic mass is 10.1. The molecule has 29 heavy (non-hydrogen) atoms. The van der Waals surface area contributed by atoms with Crippen molar-refractivity contribution < 1.29 is 13.9 Å². The van der Waals surface area contributed by atoms with Crippen LogP contribution in [0.5, 0.6) is 0 Å². The first-order valence-corrected chi connectivity index (χ1v) is 12.2. The monoisotopic (exact) mass is 408 g/mol. The number of hydrogen-bond acceptors (Lipinski definition) is 3. The maximum Gasteiger partial charge on any atom is 0.261 e. The Kier molecular flexibility index (Phi) is 6.78. The Balaban J connectivity index is 1.82. The SMILES string of the molecule is Cc1ccc(C(O)CCCO[Si](c2ccccc2)(c2ccccc2)C(C)(C)C)o1. The molecule has 0 aliphatic rings.